The van der Waals surface area contributed by atoms with Crippen LogP contribution in [0.1, 0.15) is 33.1 Å². The summed E-state index contributed by atoms with van der Waals surface area (Å²) >= 11 is 0. The summed E-state index contributed by atoms with van der Waals surface area (Å²) in [4.78, 5) is 27.1. The molecule has 0 spiro atoms. The Morgan fingerprint density at radius 3 is 2.58 bits per heavy atom. The number of nitrogens with one attached hydrogen (secondary N) is 1. The van der Waals surface area contributed by atoms with Crippen LogP contribution in [0.3, 0.4) is 0 Å². The molecule has 0 saturated heterocycles. The quantitative estimate of drug-likeness (QED) is 0.704. The van der Waals surface area contributed by atoms with Gasteiger partial charge in [0.05, 0.1) is 12.5 Å². The first-order valence-electron chi connectivity index (χ1n) is 8.48. The maximum absolute atomic E-state index is 11.9. The number of ether oxygens (including phenoxy) is 1. The molecule has 0 radical (unpaired) electrons. The average molecular weight is 361 g/mol. The fourth-order valence-corrected chi connectivity index (χ4v) is 2.23. The summed E-state index contributed by atoms with van der Waals surface area (Å²) in [5, 5.41) is 15.5. The molecule has 26 heavy (non-hydrogen) atoms. The predicted molar refractivity (Wildman–Crippen MR) is 93.6 cm³/mol. The largest absolute Gasteiger partial charge is 0.494 e. The van der Waals surface area contributed by atoms with E-state index in [1.54, 1.807) is 13.8 Å². The van der Waals surface area contributed by atoms with Crippen LogP contribution >= 0.6 is 0 Å². The van der Waals surface area contributed by atoms with Crippen molar-refractivity contribution in [1.82, 2.24) is 15.5 Å². The number of aromatic nitrogens is 2. The molecular formula is C18H23N3O5. The number of carbonyl (C=O) groups excluding carboxylic acids is 1. The van der Waals surface area contributed by atoms with E-state index in [2.05, 4.69) is 15.5 Å². The van der Waals surface area contributed by atoms with Gasteiger partial charge in [0.25, 0.3) is 0 Å². The van der Waals surface area contributed by atoms with E-state index in [1.807, 2.05) is 31.2 Å². The lowest BCUT2D eigenvalue weighted by molar-refractivity contribution is -0.142. The van der Waals surface area contributed by atoms with Gasteiger partial charge in [-0.3, -0.25) is 9.59 Å². The molecule has 2 N–H and O–H groups in total. The second-order valence-corrected chi connectivity index (χ2v) is 5.95. The van der Waals surface area contributed by atoms with Crippen LogP contribution in [0.5, 0.6) is 5.75 Å². The molecule has 0 fully saturated rings. The highest BCUT2D eigenvalue weighted by Gasteiger charge is 2.21. The van der Waals surface area contributed by atoms with E-state index in [1.165, 1.54) is 0 Å². The number of aliphatic carboxylic acids is 1. The fourth-order valence-electron chi connectivity index (χ4n) is 2.23. The van der Waals surface area contributed by atoms with Gasteiger partial charge in [-0.25, -0.2) is 0 Å². The maximum atomic E-state index is 11.9. The minimum atomic E-state index is -0.949. The molecule has 0 aliphatic rings. The SMILES string of the molecule is CCOc1ccc(-c2noc(CCC(=O)NC(C)C(C)C(=O)O)n2)cc1. The number of nitrogens with zero attached hydrogens (tertiary/aromatic N) is 2. The first kappa shape index (κ1) is 19.4. The molecule has 0 saturated carbocycles. The Bertz CT molecular complexity index is 742. The summed E-state index contributed by atoms with van der Waals surface area (Å²) in [6.45, 7) is 5.72. The smallest absolute Gasteiger partial charge is 0.308 e. The maximum Gasteiger partial charge on any atom is 0.308 e. The molecular weight excluding hydrogens is 338 g/mol. The van der Waals surface area contributed by atoms with Crippen LogP contribution in [-0.2, 0) is 16.0 Å². The molecule has 140 valence electrons. The number of hydrogen-bond donors (Lipinski definition) is 2. The lowest BCUT2D eigenvalue weighted by Gasteiger charge is -2.17. The zero-order valence-electron chi connectivity index (χ0n) is 15.1. The van der Waals surface area contributed by atoms with Gasteiger partial charge < -0.3 is 19.7 Å². The highest BCUT2D eigenvalue weighted by atomic mass is 16.5. The third kappa shape index (κ3) is 5.30. The standard InChI is InChI=1S/C18H23N3O5/c1-4-25-14-7-5-13(6-8-14)17-20-16(26-21-17)10-9-15(22)19-12(3)11(2)18(23)24/h5-8,11-12H,4,9-10H2,1-3H3,(H,19,22)(H,23,24). The Hall–Kier alpha value is -2.90. The minimum absolute atomic E-state index is 0.140. The van der Waals surface area contributed by atoms with Crippen molar-refractivity contribution in [3.05, 3.63) is 30.2 Å². The van der Waals surface area contributed by atoms with Crippen molar-refractivity contribution in [3.8, 4) is 17.1 Å². The van der Waals surface area contributed by atoms with Crippen molar-refractivity contribution in [2.75, 3.05) is 6.61 Å². The summed E-state index contributed by atoms with van der Waals surface area (Å²) in [6, 6.07) is 6.87. The summed E-state index contributed by atoms with van der Waals surface area (Å²) in [5.41, 5.74) is 0.789. The molecule has 2 aromatic rings. The Kier molecular flexibility index (Phi) is 6.71. The molecule has 0 aliphatic carbocycles. The Morgan fingerprint density at radius 1 is 1.27 bits per heavy atom. The second-order valence-electron chi connectivity index (χ2n) is 5.95. The van der Waals surface area contributed by atoms with Crippen molar-refractivity contribution < 1.29 is 24.0 Å². The minimum Gasteiger partial charge on any atom is -0.494 e. The van der Waals surface area contributed by atoms with Gasteiger partial charge in [0.15, 0.2) is 0 Å². The summed E-state index contributed by atoms with van der Waals surface area (Å²) in [6.07, 6.45) is 0.422. The van der Waals surface area contributed by atoms with Crippen molar-refractivity contribution >= 4 is 11.9 Å². The summed E-state index contributed by atoms with van der Waals surface area (Å²) in [5.74, 6) is -0.310. The number of benzene rings is 1. The van der Waals surface area contributed by atoms with Gasteiger partial charge in [-0.15, -0.1) is 0 Å². The van der Waals surface area contributed by atoms with Crippen LogP contribution in [0, 0.1) is 5.92 Å². The van der Waals surface area contributed by atoms with Gasteiger partial charge in [-0.1, -0.05) is 5.16 Å². The molecule has 0 bridgehead atoms. The monoisotopic (exact) mass is 361 g/mol. The van der Waals surface area contributed by atoms with Gasteiger partial charge in [0, 0.05) is 24.4 Å². The highest BCUT2D eigenvalue weighted by Crippen LogP contribution is 2.20. The van der Waals surface area contributed by atoms with Crippen LogP contribution in [0.2, 0.25) is 0 Å². The molecule has 1 amide bonds. The number of hydrogen-bond acceptors (Lipinski definition) is 6. The van der Waals surface area contributed by atoms with Crippen molar-refractivity contribution in [3.63, 3.8) is 0 Å². The highest BCUT2D eigenvalue weighted by molar-refractivity contribution is 5.78. The first-order chi connectivity index (χ1) is 12.4. The second kappa shape index (κ2) is 8.98. The van der Waals surface area contributed by atoms with Gasteiger partial charge in [0.2, 0.25) is 17.6 Å². The molecule has 0 aliphatic heterocycles. The molecule has 8 nitrogen and oxygen atoms in total. The summed E-state index contributed by atoms with van der Waals surface area (Å²) < 4.78 is 10.6. The topological polar surface area (TPSA) is 115 Å². The number of carboxylic acid groups (broad SMARTS) is 1. The number of carboxylic acids is 1. The number of rotatable bonds is 9. The van der Waals surface area contributed by atoms with Crippen molar-refractivity contribution in [1.29, 1.82) is 0 Å². The predicted octanol–water partition coefficient (Wildman–Crippen LogP) is 2.29. The molecule has 1 aromatic heterocycles. The van der Waals surface area contributed by atoms with Gasteiger partial charge in [0.1, 0.15) is 5.75 Å². The van der Waals surface area contributed by atoms with Gasteiger partial charge in [-0.2, -0.15) is 4.98 Å². The first-order valence-corrected chi connectivity index (χ1v) is 8.48. The molecule has 2 atom stereocenters. The lowest BCUT2D eigenvalue weighted by atomic mass is 10.0. The molecule has 1 aromatic carbocycles. The van der Waals surface area contributed by atoms with Crippen molar-refractivity contribution in [2.24, 2.45) is 5.92 Å². The lowest BCUT2D eigenvalue weighted by Crippen LogP contribution is -2.40. The van der Waals surface area contributed by atoms with Crippen LogP contribution in [0.25, 0.3) is 11.4 Å². The van der Waals surface area contributed by atoms with Crippen molar-refractivity contribution in [2.45, 2.75) is 39.7 Å². The van der Waals surface area contributed by atoms with E-state index >= 15 is 0 Å². The Morgan fingerprint density at radius 2 is 1.96 bits per heavy atom. The molecule has 2 unspecified atom stereocenters. The molecule has 8 heteroatoms. The third-order valence-corrected chi connectivity index (χ3v) is 3.99. The van der Waals surface area contributed by atoms with Gasteiger partial charge >= 0.3 is 5.97 Å². The van der Waals surface area contributed by atoms with Crippen LogP contribution in [-0.4, -0.2) is 39.8 Å². The number of aryl methyl sites for hydroxylation is 1. The van der Waals surface area contributed by atoms with Crippen LogP contribution in [0.15, 0.2) is 28.8 Å². The van der Waals surface area contributed by atoms with E-state index in [0.717, 1.165) is 11.3 Å². The van der Waals surface area contributed by atoms with E-state index in [9.17, 15) is 9.59 Å². The fraction of sp³-hybridized carbons (Fsp3) is 0.444. The van der Waals surface area contributed by atoms with Crippen LogP contribution in [0.4, 0.5) is 0 Å². The van der Waals surface area contributed by atoms with Crippen LogP contribution < -0.4 is 10.1 Å². The van der Waals surface area contributed by atoms with E-state index in [4.69, 9.17) is 14.4 Å². The summed E-state index contributed by atoms with van der Waals surface area (Å²) in [7, 11) is 0. The van der Waals surface area contributed by atoms with E-state index in [0.29, 0.717) is 18.3 Å². The zero-order valence-corrected chi connectivity index (χ0v) is 15.1. The normalized spacial score (nSPS) is 13.0. The Balaban J connectivity index is 1.88. The van der Waals surface area contributed by atoms with E-state index < -0.39 is 17.9 Å². The van der Waals surface area contributed by atoms with E-state index in [-0.39, 0.29) is 18.7 Å². The zero-order chi connectivity index (χ0) is 19.1. The molecule has 2 rings (SSSR count). The molecule has 1 heterocycles. The average Bonchev–Trinajstić information content (AvgIpc) is 3.09. The number of amides is 1. The third-order valence-electron chi connectivity index (χ3n) is 3.99. The number of carbonyl (C=O) groups is 2. The Labute approximate surface area is 151 Å². The van der Waals surface area contributed by atoms with Gasteiger partial charge in [-0.05, 0) is 45.0 Å².